The molecule has 0 spiro atoms. The number of nitrogens with one attached hydrogen (secondary N) is 1. The minimum atomic E-state index is -0.0227. The molecule has 1 amide bonds. The van der Waals surface area contributed by atoms with E-state index >= 15 is 0 Å². The van der Waals surface area contributed by atoms with Crippen molar-refractivity contribution in [2.45, 2.75) is 78.0 Å². The van der Waals surface area contributed by atoms with Crippen LogP contribution in [0.15, 0.2) is 17.4 Å². The zero-order chi connectivity index (χ0) is 19.2. The molecule has 148 valence electrons. The average Bonchev–Trinajstić information content (AvgIpc) is 3.19. The van der Waals surface area contributed by atoms with Crippen LogP contribution in [0.2, 0.25) is 0 Å². The van der Waals surface area contributed by atoms with Crippen LogP contribution in [0.4, 0.5) is 0 Å². The number of hydrogen-bond acceptors (Lipinski definition) is 5. The van der Waals surface area contributed by atoms with E-state index in [-0.39, 0.29) is 17.6 Å². The number of hydrogen-bond donors (Lipinski definition) is 1. The fourth-order valence-electron chi connectivity index (χ4n) is 3.35. The maximum absolute atomic E-state index is 12.5. The molecule has 2 aromatic rings. The van der Waals surface area contributed by atoms with Crippen LogP contribution in [0.1, 0.15) is 51.8 Å². The number of nitrogens with zero attached hydrogens (tertiary/aromatic N) is 6. The predicted molar refractivity (Wildman–Crippen MR) is 100 cm³/mol. The Labute approximate surface area is 158 Å². The molecule has 9 heteroatoms. The number of aromatic nitrogens is 6. The van der Waals surface area contributed by atoms with Crippen LogP contribution < -0.4 is 11.0 Å². The van der Waals surface area contributed by atoms with Gasteiger partial charge in [-0.25, -0.2) is 14.5 Å². The topological polar surface area (TPSA) is 99.6 Å². The first-order valence-electron chi connectivity index (χ1n) is 9.81. The van der Waals surface area contributed by atoms with Gasteiger partial charge in [0.2, 0.25) is 5.91 Å². The van der Waals surface area contributed by atoms with Gasteiger partial charge in [0.1, 0.15) is 18.5 Å². The number of rotatable bonds is 8. The maximum Gasteiger partial charge on any atom is 0.345 e. The molecule has 3 heterocycles. The van der Waals surface area contributed by atoms with Crippen LogP contribution in [0.3, 0.4) is 0 Å². The monoisotopic (exact) mass is 375 g/mol. The van der Waals surface area contributed by atoms with Crippen LogP contribution in [-0.4, -0.2) is 41.1 Å². The molecule has 0 bridgehead atoms. The summed E-state index contributed by atoms with van der Waals surface area (Å²) in [5, 5.41) is 11.6. The van der Waals surface area contributed by atoms with Crippen molar-refractivity contribution in [1.82, 2.24) is 34.4 Å². The summed E-state index contributed by atoms with van der Waals surface area (Å²) in [5.41, 5.74) is -0.0227. The molecule has 1 N–H and O–H groups in total. The molecule has 1 aliphatic rings. The summed E-state index contributed by atoms with van der Waals surface area (Å²) in [7, 11) is 0. The number of aryl methyl sites for hydroxylation is 3. The normalized spacial score (nSPS) is 16.9. The van der Waals surface area contributed by atoms with Gasteiger partial charge in [-0.3, -0.25) is 14.0 Å². The zero-order valence-corrected chi connectivity index (χ0v) is 16.2. The smallest absolute Gasteiger partial charge is 0.345 e. The van der Waals surface area contributed by atoms with Crippen LogP contribution in [-0.2, 0) is 30.8 Å². The summed E-state index contributed by atoms with van der Waals surface area (Å²) in [6, 6.07) is 0.0917. The highest BCUT2D eigenvalue weighted by Crippen LogP contribution is 2.13. The van der Waals surface area contributed by atoms with Crippen molar-refractivity contribution in [1.29, 1.82) is 0 Å². The predicted octanol–water partition coefficient (Wildman–Crippen LogP) is 0.984. The lowest BCUT2D eigenvalue weighted by atomic mass is 10.1. The third-order valence-electron chi connectivity index (χ3n) is 4.96. The van der Waals surface area contributed by atoms with E-state index in [0.29, 0.717) is 38.4 Å². The fraction of sp³-hybridized carbons (Fsp3) is 0.722. The Morgan fingerprint density at radius 2 is 2.19 bits per heavy atom. The highest BCUT2D eigenvalue weighted by atomic mass is 16.2. The third-order valence-corrected chi connectivity index (χ3v) is 4.96. The Hall–Kier alpha value is -2.45. The Morgan fingerprint density at radius 3 is 2.93 bits per heavy atom. The van der Waals surface area contributed by atoms with Crippen molar-refractivity contribution in [3.63, 3.8) is 0 Å². The quantitative estimate of drug-likeness (QED) is 0.741. The minimum Gasteiger partial charge on any atom is -0.353 e. The summed E-state index contributed by atoms with van der Waals surface area (Å²) in [4.78, 5) is 28.6. The molecule has 0 aliphatic carbocycles. The number of carbonyl (C=O) groups excluding carboxylic acids is 1. The van der Waals surface area contributed by atoms with Crippen LogP contribution in [0, 0.1) is 5.92 Å². The molecule has 2 aromatic heterocycles. The van der Waals surface area contributed by atoms with E-state index in [2.05, 4.69) is 34.3 Å². The lowest BCUT2D eigenvalue weighted by Crippen LogP contribution is -2.35. The highest BCUT2D eigenvalue weighted by molar-refractivity contribution is 5.76. The zero-order valence-electron chi connectivity index (χ0n) is 16.2. The Bertz CT molecular complexity index is 791. The van der Waals surface area contributed by atoms with Gasteiger partial charge in [0.05, 0.1) is 0 Å². The van der Waals surface area contributed by atoms with Gasteiger partial charge in [-0.1, -0.05) is 13.8 Å². The Balaban J connectivity index is 1.47. The largest absolute Gasteiger partial charge is 0.353 e. The minimum absolute atomic E-state index is 0.0227. The molecule has 1 aliphatic heterocycles. The number of fused-ring (bicyclic) bond motifs is 1. The van der Waals surface area contributed by atoms with E-state index < -0.39 is 0 Å². The maximum atomic E-state index is 12.5. The molecule has 0 fully saturated rings. The van der Waals surface area contributed by atoms with Crippen molar-refractivity contribution >= 4 is 5.91 Å². The lowest BCUT2D eigenvalue weighted by molar-refractivity contribution is -0.122. The van der Waals surface area contributed by atoms with E-state index in [9.17, 15) is 9.59 Å². The van der Waals surface area contributed by atoms with E-state index in [1.807, 2.05) is 0 Å². The van der Waals surface area contributed by atoms with Crippen molar-refractivity contribution in [2.24, 2.45) is 5.92 Å². The van der Waals surface area contributed by atoms with E-state index in [1.165, 1.54) is 6.33 Å². The summed E-state index contributed by atoms with van der Waals surface area (Å²) < 4.78 is 5.10. The Kier molecular flexibility index (Phi) is 6.41. The molecule has 9 nitrogen and oxygen atoms in total. The first-order valence-corrected chi connectivity index (χ1v) is 9.81. The summed E-state index contributed by atoms with van der Waals surface area (Å²) in [5.74, 6) is 1.43. The molecule has 27 heavy (non-hydrogen) atoms. The Morgan fingerprint density at radius 1 is 1.33 bits per heavy atom. The number of amides is 1. The molecule has 1 atom stereocenters. The van der Waals surface area contributed by atoms with Gasteiger partial charge < -0.3 is 5.32 Å². The second kappa shape index (κ2) is 8.96. The van der Waals surface area contributed by atoms with Crippen molar-refractivity contribution in [2.75, 3.05) is 0 Å². The average molecular weight is 375 g/mol. The standard InChI is InChI=1S/C18H29N7O2/c1-14(2)7-11-25-18(27)24-10-8-15(5-6-16(24)22-25)21-17(26)4-3-9-23-13-19-12-20-23/h12-15H,3-11H2,1-2H3,(H,21,26). The second-order valence-corrected chi connectivity index (χ2v) is 7.61. The van der Waals surface area contributed by atoms with Crippen LogP contribution in [0.25, 0.3) is 0 Å². The second-order valence-electron chi connectivity index (χ2n) is 7.61. The van der Waals surface area contributed by atoms with Crippen molar-refractivity contribution < 1.29 is 4.79 Å². The van der Waals surface area contributed by atoms with E-state index in [4.69, 9.17) is 0 Å². The van der Waals surface area contributed by atoms with Crippen LogP contribution >= 0.6 is 0 Å². The van der Waals surface area contributed by atoms with Gasteiger partial charge in [0.15, 0.2) is 0 Å². The molecule has 1 unspecified atom stereocenters. The molecule has 0 saturated heterocycles. The highest BCUT2D eigenvalue weighted by Gasteiger charge is 2.22. The molecule has 3 rings (SSSR count). The van der Waals surface area contributed by atoms with Gasteiger partial charge in [-0.2, -0.15) is 10.2 Å². The lowest BCUT2D eigenvalue weighted by Gasteiger charge is -2.16. The van der Waals surface area contributed by atoms with Gasteiger partial charge in [0.25, 0.3) is 0 Å². The van der Waals surface area contributed by atoms with E-state index in [1.54, 1.807) is 20.3 Å². The van der Waals surface area contributed by atoms with Crippen molar-refractivity contribution in [3.8, 4) is 0 Å². The molecule has 0 radical (unpaired) electrons. The van der Waals surface area contributed by atoms with Gasteiger partial charge >= 0.3 is 5.69 Å². The van der Waals surface area contributed by atoms with Gasteiger partial charge in [0, 0.05) is 38.5 Å². The summed E-state index contributed by atoms with van der Waals surface area (Å²) >= 11 is 0. The summed E-state index contributed by atoms with van der Waals surface area (Å²) in [6.45, 7) is 6.25. The van der Waals surface area contributed by atoms with Gasteiger partial charge in [-0.05, 0) is 31.6 Å². The van der Waals surface area contributed by atoms with E-state index in [0.717, 1.165) is 31.5 Å². The SMILES string of the molecule is CC(C)CCn1nc2n(c1=O)CCC(NC(=O)CCCn1cncn1)CC2. The third kappa shape index (κ3) is 5.27. The molecular formula is C18H29N7O2. The molecular weight excluding hydrogens is 346 g/mol. The van der Waals surface area contributed by atoms with Crippen molar-refractivity contribution in [3.05, 3.63) is 29.0 Å². The summed E-state index contributed by atoms with van der Waals surface area (Å²) in [6.07, 6.45) is 7.57. The fourth-order valence-corrected chi connectivity index (χ4v) is 3.35. The first kappa shape index (κ1) is 19.3. The molecule has 0 saturated carbocycles. The van der Waals surface area contributed by atoms with Gasteiger partial charge in [-0.15, -0.1) is 0 Å². The first-order chi connectivity index (χ1) is 13.0. The van der Waals surface area contributed by atoms with Crippen LogP contribution in [0.5, 0.6) is 0 Å². The number of carbonyl (C=O) groups is 1. The molecule has 0 aromatic carbocycles.